The largest absolute Gasteiger partial charge is 0.493 e. The lowest BCUT2D eigenvalue weighted by Crippen LogP contribution is -2.42. The van der Waals surface area contributed by atoms with E-state index in [1.807, 2.05) is 13.1 Å². The molecule has 0 spiro atoms. The van der Waals surface area contributed by atoms with Crippen LogP contribution in [0.5, 0.6) is 11.5 Å². The van der Waals surface area contributed by atoms with Crippen LogP contribution in [0.15, 0.2) is 12.1 Å². The first-order valence-electron chi connectivity index (χ1n) is 8.32. The SMILES string of the molecule is COc1cc2nc(C#N)nc(N(C)C3CCN(C)CC3)c2cc1OC. The van der Waals surface area contributed by atoms with Crippen molar-refractivity contribution in [3.05, 3.63) is 18.0 Å². The van der Waals surface area contributed by atoms with Gasteiger partial charge in [0.2, 0.25) is 5.82 Å². The fraction of sp³-hybridized carbons (Fsp3) is 0.500. The molecule has 0 saturated carbocycles. The fourth-order valence-corrected chi connectivity index (χ4v) is 3.31. The fourth-order valence-electron chi connectivity index (χ4n) is 3.31. The number of nitrogens with zero attached hydrogens (tertiary/aromatic N) is 5. The highest BCUT2D eigenvalue weighted by Crippen LogP contribution is 2.36. The summed E-state index contributed by atoms with van der Waals surface area (Å²) in [6.45, 7) is 2.11. The minimum atomic E-state index is 0.162. The van der Waals surface area contributed by atoms with Crippen molar-refractivity contribution in [3.8, 4) is 17.6 Å². The molecule has 0 amide bonds. The average molecular weight is 341 g/mol. The molecule has 3 rings (SSSR count). The van der Waals surface area contributed by atoms with E-state index in [1.54, 1.807) is 20.3 Å². The van der Waals surface area contributed by atoms with Crippen LogP contribution in [0.25, 0.3) is 10.9 Å². The third-order valence-corrected chi connectivity index (χ3v) is 4.85. The Balaban J connectivity index is 2.10. The van der Waals surface area contributed by atoms with Crippen LogP contribution in [0, 0.1) is 11.3 Å². The van der Waals surface area contributed by atoms with Crippen molar-refractivity contribution in [1.29, 1.82) is 5.26 Å². The Morgan fingerprint density at radius 1 is 1.16 bits per heavy atom. The highest BCUT2D eigenvalue weighted by atomic mass is 16.5. The minimum absolute atomic E-state index is 0.162. The zero-order valence-electron chi connectivity index (χ0n) is 15.1. The molecule has 0 atom stereocenters. The van der Waals surface area contributed by atoms with Crippen LogP contribution in [-0.2, 0) is 0 Å². The summed E-state index contributed by atoms with van der Waals surface area (Å²) in [5.74, 6) is 2.14. The molecular weight excluding hydrogens is 318 g/mol. The summed E-state index contributed by atoms with van der Waals surface area (Å²) in [4.78, 5) is 13.3. The van der Waals surface area contributed by atoms with Gasteiger partial charge in [-0.3, -0.25) is 0 Å². The standard InChI is InChI=1S/C18H23N5O2/c1-22-7-5-12(6-8-22)23(2)18-13-9-15(24-3)16(25-4)10-14(13)20-17(11-19)21-18/h9-10,12H,5-8H2,1-4H3. The van der Waals surface area contributed by atoms with E-state index < -0.39 is 0 Å². The molecule has 1 aromatic heterocycles. The van der Waals surface area contributed by atoms with E-state index in [0.717, 1.165) is 37.1 Å². The Labute approximate surface area is 147 Å². The Morgan fingerprint density at radius 2 is 1.80 bits per heavy atom. The van der Waals surface area contributed by atoms with Gasteiger partial charge in [0.05, 0.1) is 19.7 Å². The predicted octanol–water partition coefficient (Wildman–Crippen LogP) is 2.05. The van der Waals surface area contributed by atoms with Gasteiger partial charge in [0.15, 0.2) is 11.5 Å². The summed E-state index contributed by atoms with van der Waals surface area (Å²) in [5.41, 5.74) is 0.680. The van der Waals surface area contributed by atoms with Gasteiger partial charge in [-0.15, -0.1) is 0 Å². The van der Waals surface area contributed by atoms with Gasteiger partial charge < -0.3 is 19.3 Å². The molecule has 25 heavy (non-hydrogen) atoms. The van der Waals surface area contributed by atoms with Crippen molar-refractivity contribution in [2.24, 2.45) is 0 Å². The molecule has 132 valence electrons. The maximum atomic E-state index is 9.32. The van der Waals surface area contributed by atoms with E-state index in [4.69, 9.17) is 9.47 Å². The number of rotatable bonds is 4. The monoisotopic (exact) mass is 341 g/mol. The second kappa shape index (κ2) is 7.11. The molecule has 1 aliphatic heterocycles. The lowest BCUT2D eigenvalue weighted by Gasteiger charge is -2.36. The number of nitriles is 1. The summed E-state index contributed by atoms with van der Waals surface area (Å²) in [5, 5.41) is 10.2. The van der Waals surface area contributed by atoms with Crippen molar-refractivity contribution in [2.45, 2.75) is 18.9 Å². The van der Waals surface area contributed by atoms with Crippen LogP contribution in [0.3, 0.4) is 0 Å². The summed E-state index contributed by atoms with van der Waals surface area (Å²) in [7, 11) is 7.37. The first kappa shape index (κ1) is 17.2. The van der Waals surface area contributed by atoms with Gasteiger partial charge in [-0.2, -0.15) is 5.26 Å². The van der Waals surface area contributed by atoms with Crippen molar-refractivity contribution >= 4 is 16.7 Å². The molecule has 7 heteroatoms. The first-order valence-corrected chi connectivity index (χ1v) is 8.32. The zero-order valence-corrected chi connectivity index (χ0v) is 15.1. The molecule has 7 nitrogen and oxygen atoms in total. The van der Waals surface area contributed by atoms with Crippen LogP contribution in [0.1, 0.15) is 18.7 Å². The van der Waals surface area contributed by atoms with Gasteiger partial charge >= 0.3 is 0 Å². The molecule has 0 radical (unpaired) electrons. The maximum absolute atomic E-state index is 9.32. The average Bonchev–Trinajstić information content (AvgIpc) is 2.65. The van der Waals surface area contributed by atoms with Gasteiger partial charge in [-0.05, 0) is 39.0 Å². The smallest absolute Gasteiger partial charge is 0.234 e. The lowest BCUT2D eigenvalue weighted by molar-refractivity contribution is 0.252. The van der Waals surface area contributed by atoms with E-state index in [-0.39, 0.29) is 5.82 Å². The Morgan fingerprint density at radius 3 is 2.40 bits per heavy atom. The van der Waals surface area contributed by atoms with E-state index in [2.05, 4.69) is 32.9 Å². The number of ether oxygens (including phenoxy) is 2. The number of aromatic nitrogens is 2. The second-order valence-corrected chi connectivity index (χ2v) is 6.35. The Hall–Kier alpha value is -2.59. The third kappa shape index (κ3) is 3.30. The number of piperidine rings is 1. The second-order valence-electron chi connectivity index (χ2n) is 6.35. The van der Waals surface area contributed by atoms with Crippen LogP contribution in [0.2, 0.25) is 0 Å². The molecule has 0 aliphatic carbocycles. The molecule has 2 aromatic rings. The lowest BCUT2D eigenvalue weighted by atomic mass is 10.0. The molecule has 0 N–H and O–H groups in total. The van der Waals surface area contributed by atoms with Crippen molar-refractivity contribution in [1.82, 2.24) is 14.9 Å². The van der Waals surface area contributed by atoms with E-state index in [0.29, 0.717) is 23.1 Å². The Bertz CT molecular complexity index is 809. The molecule has 2 heterocycles. The summed E-state index contributed by atoms with van der Waals surface area (Å²) in [6.07, 6.45) is 2.13. The number of anilines is 1. The van der Waals surface area contributed by atoms with Crippen molar-refractivity contribution in [2.75, 3.05) is 46.3 Å². The minimum Gasteiger partial charge on any atom is -0.493 e. The third-order valence-electron chi connectivity index (χ3n) is 4.85. The van der Waals surface area contributed by atoms with Crippen LogP contribution >= 0.6 is 0 Å². The number of fused-ring (bicyclic) bond motifs is 1. The molecular formula is C18H23N5O2. The van der Waals surface area contributed by atoms with Gasteiger partial charge in [0, 0.05) is 24.5 Å². The topological polar surface area (TPSA) is 74.5 Å². The number of methoxy groups -OCH3 is 2. The number of likely N-dealkylation sites (tertiary alicyclic amines) is 1. The van der Waals surface area contributed by atoms with E-state index >= 15 is 0 Å². The molecule has 1 aromatic carbocycles. The summed E-state index contributed by atoms with van der Waals surface area (Å²) >= 11 is 0. The van der Waals surface area contributed by atoms with Gasteiger partial charge in [0.25, 0.3) is 0 Å². The highest BCUT2D eigenvalue weighted by Gasteiger charge is 2.24. The van der Waals surface area contributed by atoms with Crippen molar-refractivity contribution in [3.63, 3.8) is 0 Å². The first-order chi connectivity index (χ1) is 12.1. The number of hydrogen-bond donors (Lipinski definition) is 0. The normalized spacial score (nSPS) is 15.8. The van der Waals surface area contributed by atoms with Crippen LogP contribution in [0.4, 0.5) is 5.82 Å². The highest BCUT2D eigenvalue weighted by molar-refractivity contribution is 5.92. The predicted molar refractivity (Wildman–Crippen MR) is 96.3 cm³/mol. The summed E-state index contributed by atoms with van der Waals surface area (Å²) in [6, 6.07) is 6.12. The molecule has 1 saturated heterocycles. The van der Waals surface area contributed by atoms with Crippen LogP contribution in [-0.4, -0.2) is 62.3 Å². The van der Waals surface area contributed by atoms with Gasteiger partial charge in [-0.25, -0.2) is 9.97 Å². The summed E-state index contributed by atoms with van der Waals surface area (Å²) < 4.78 is 10.8. The Kier molecular flexibility index (Phi) is 4.91. The van der Waals surface area contributed by atoms with Gasteiger partial charge in [-0.1, -0.05) is 0 Å². The van der Waals surface area contributed by atoms with E-state index in [9.17, 15) is 5.26 Å². The quantitative estimate of drug-likeness (QED) is 0.842. The van der Waals surface area contributed by atoms with E-state index in [1.165, 1.54) is 0 Å². The van der Waals surface area contributed by atoms with Gasteiger partial charge in [0.1, 0.15) is 11.9 Å². The maximum Gasteiger partial charge on any atom is 0.234 e. The molecule has 1 aliphatic rings. The molecule has 1 fully saturated rings. The number of hydrogen-bond acceptors (Lipinski definition) is 7. The zero-order chi connectivity index (χ0) is 18.0. The number of benzene rings is 1. The van der Waals surface area contributed by atoms with Crippen molar-refractivity contribution < 1.29 is 9.47 Å². The molecule has 0 unspecified atom stereocenters. The van der Waals surface area contributed by atoms with Crippen LogP contribution < -0.4 is 14.4 Å². The molecule has 0 bridgehead atoms.